The number of aromatic nitrogens is 4. The van der Waals surface area contributed by atoms with Crippen molar-refractivity contribution in [2.45, 2.75) is 26.5 Å². The maximum atomic E-state index is 5.84. The van der Waals surface area contributed by atoms with E-state index in [0.29, 0.717) is 19.1 Å². The van der Waals surface area contributed by atoms with Crippen molar-refractivity contribution in [3.63, 3.8) is 0 Å². The molecule has 0 bridgehead atoms. The Hall–Kier alpha value is -2.15. The molecule has 1 atom stereocenters. The number of rotatable bonds is 5. The van der Waals surface area contributed by atoms with Gasteiger partial charge in [-0.05, 0) is 19.4 Å². The van der Waals surface area contributed by atoms with E-state index in [-0.39, 0.29) is 6.10 Å². The highest BCUT2D eigenvalue weighted by Crippen LogP contribution is 2.19. The first kappa shape index (κ1) is 14.8. The van der Waals surface area contributed by atoms with Gasteiger partial charge in [0.15, 0.2) is 0 Å². The van der Waals surface area contributed by atoms with Crippen molar-refractivity contribution < 1.29 is 9.47 Å². The van der Waals surface area contributed by atoms with E-state index in [1.165, 1.54) is 0 Å². The van der Waals surface area contributed by atoms with Gasteiger partial charge < -0.3 is 14.4 Å². The average Bonchev–Trinajstić information content (AvgIpc) is 2.93. The molecule has 1 aliphatic heterocycles. The van der Waals surface area contributed by atoms with Gasteiger partial charge in [-0.2, -0.15) is 5.10 Å². The van der Waals surface area contributed by atoms with Gasteiger partial charge in [-0.25, -0.2) is 9.97 Å². The molecule has 0 aliphatic carbocycles. The van der Waals surface area contributed by atoms with E-state index in [4.69, 9.17) is 9.47 Å². The summed E-state index contributed by atoms with van der Waals surface area (Å²) in [6.45, 7) is 7.60. The second-order valence-corrected chi connectivity index (χ2v) is 5.33. The summed E-state index contributed by atoms with van der Waals surface area (Å²) in [4.78, 5) is 10.7. The van der Waals surface area contributed by atoms with E-state index in [9.17, 15) is 0 Å². The molecule has 1 aliphatic rings. The van der Waals surface area contributed by atoms with E-state index in [2.05, 4.69) is 20.0 Å². The highest BCUT2D eigenvalue weighted by atomic mass is 16.5. The zero-order valence-electron chi connectivity index (χ0n) is 13.0. The molecular formula is C15H21N5O2. The van der Waals surface area contributed by atoms with Crippen molar-refractivity contribution in [2.24, 2.45) is 0 Å². The maximum Gasteiger partial charge on any atom is 0.218 e. The molecule has 3 heterocycles. The smallest absolute Gasteiger partial charge is 0.218 e. The van der Waals surface area contributed by atoms with Gasteiger partial charge in [0.1, 0.15) is 12.1 Å². The molecule has 0 N–H and O–H groups in total. The summed E-state index contributed by atoms with van der Waals surface area (Å²) < 4.78 is 13.2. The zero-order chi connectivity index (χ0) is 15.4. The van der Waals surface area contributed by atoms with Crippen LogP contribution < -0.4 is 9.64 Å². The summed E-state index contributed by atoms with van der Waals surface area (Å²) in [5.74, 6) is 1.49. The molecule has 3 rings (SSSR count). The summed E-state index contributed by atoms with van der Waals surface area (Å²) >= 11 is 0. The van der Waals surface area contributed by atoms with Crippen molar-refractivity contribution in [1.82, 2.24) is 19.7 Å². The molecule has 1 saturated heterocycles. The van der Waals surface area contributed by atoms with Crippen molar-refractivity contribution in [2.75, 3.05) is 31.2 Å². The first-order valence-electron chi connectivity index (χ1n) is 7.55. The minimum Gasteiger partial charge on any atom is -0.478 e. The number of aryl methyl sites for hydroxylation is 1. The Morgan fingerprint density at radius 1 is 1.41 bits per heavy atom. The predicted molar refractivity (Wildman–Crippen MR) is 82.1 cm³/mol. The zero-order valence-corrected chi connectivity index (χ0v) is 13.0. The van der Waals surface area contributed by atoms with Gasteiger partial charge in [0, 0.05) is 25.4 Å². The number of anilines is 1. The van der Waals surface area contributed by atoms with Gasteiger partial charge in [0.2, 0.25) is 5.88 Å². The van der Waals surface area contributed by atoms with E-state index < -0.39 is 0 Å². The molecule has 0 radical (unpaired) electrons. The molecule has 1 unspecified atom stereocenters. The largest absolute Gasteiger partial charge is 0.478 e. The lowest BCUT2D eigenvalue weighted by Crippen LogP contribution is -2.44. The second kappa shape index (κ2) is 6.74. The summed E-state index contributed by atoms with van der Waals surface area (Å²) in [7, 11) is 0. The van der Waals surface area contributed by atoms with Crippen LogP contribution in [0.5, 0.6) is 5.88 Å². The van der Waals surface area contributed by atoms with E-state index in [1.54, 1.807) is 6.33 Å². The van der Waals surface area contributed by atoms with Crippen molar-refractivity contribution in [1.29, 1.82) is 0 Å². The standard InChI is InChI=1S/C15H21N5O2/c1-3-21-15-6-14(16-11-17-15)19-4-5-22-13(9-19)10-20-8-12(2)7-18-20/h6-8,11,13H,3-5,9-10H2,1-2H3. The van der Waals surface area contributed by atoms with Crippen LogP contribution in [0.1, 0.15) is 12.5 Å². The molecule has 0 aromatic carbocycles. The van der Waals surface area contributed by atoms with Gasteiger partial charge in [-0.15, -0.1) is 0 Å². The monoisotopic (exact) mass is 303 g/mol. The molecule has 2 aromatic heterocycles. The van der Waals surface area contributed by atoms with Gasteiger partial charge >= 0.3 is 0 Å². The van der Waals surface area contributed by atoms with Gasteiger partial charge in [0.25, 0.3) is 0 Å². The van der Waals surface area contributed by atoms with Gasteiger partial charge in [-0.1, -0.05) is 0 Å². The van der Waals surface area contributed by atoms with Crippen LogP contribution in [0.3, 0.4) is 0 Å². The lowest BCUT2D eigenvalue weighted by Gasteiger charge is -2.33. The van der Waals surface area contributed by atoms with Gasteiger partial charge in [0.05, 0.1) is 32.1 Å². The van der Waals surface area contributed by atoms with Crippen LogP contribution in [0, 0.1) is 6.92 Å². The fourth-order valence-electron chi connectivity index (χ4n) is 2.54. The topological polar surface area (TPSA) is 65.3 Å². The van der Waals surface area contributed by atoms with Crippen LogP contribution in [0.25, 0.3) is 0 Å². The number of ether oxygens (including phenoxy) is 2. The number of nitrogens with zero attached hydrogens (tertiary/aromatic N) is 5. The molecule has 7 nitrogen and oxygen atoms in total. The highest BCUT2D eigenvalue weighted by Gasteiger charge is 2.22. The Kier molecular flexibility index (Phi) is 4.53. The Morgan fingerprint density at radius 2 is 2.32 bits per heavy atom. The van der Waals surface area contributed by atoms with Crippen molar-refractivity contribution >= 4 is 5.82 Å². The Morgan fingerprint density at radius 3 is 3.09 bits per heavy atom. The van der Waals surface area contributed by atoms with Crippen LogP contribution in [0.4, 0.5) is 5.82 Å². The van der Waals surface area contributed by atoms with E-state index in [1.807, 2.05) is 37.0 Å². The van der Waals surface area contributed by atoms with Crippen LogP contribution in [0.2, 0.25) is 0 Å². The molecule has 0 spiro atoms. The van der Waals surface area contributed by atoms with Crippen molar-refractivity contribution in [3.8, 4) is 5.88 Å². The van der Waals surface area contributed by atoms with Crippen molar-refractivity contribution in [3.05, 3.63) is 30.4 Å². The van der Waals surface area contributed by atoms with E-state index in [0.717, 1.165) is 31.0 Å². The third-order valence-corrected chi connectivity index (χ3v) is 3.54. The first-order chi connectivity index (χ1) is 10.7. The van der Waals surface area contributed by atoms with Gasteiger partial charge in [-0.3, -0.25) is 4.68 Å². The van der Waals surface area contributed by atoms with E-state index >= 15 is 0 Å². The van der Waals surface area contributed by atoms with Crippen LogP contribution >= 0.6 is 0 Å². The third-order valence-electron chi connectivity index (χ3n) is 3.54. The molecule has 118 valence electrons. The lowest BCUT2D eigenvalue weighted by atomic mass is 10.2. The quantitative estimate of drug-likeness (QED) is 0.829. The van der Waals surface area contributed by atoms with Crippen LogP contribution in [-0.2, 0) is 11.3 Å². The third kappa shape index (κ3) is 3.54. The normalized spacial score (nSPS) is 18.5. The molecule has 22 heavy (non-hydrogen) atoms. The fraction of sp³-hybridized carbons (Fsp3) is 0.533. The minimum atomic E-state index is 0.0959. The number of hydrogen-bond donors (Lipinski definition) is 0. The molecule has 0 saturated carbocycles. The molecule has 1 fully saturated rings. The summed E-state index contributed by atoms with van der Waals surface area (Å²) in [6, 6.07) is 1.88. The summed E-state index contributed by atoms with van der Waals surface area (Å²) in [6.07, 6.45) is 5.53. The summed E-state index contributed by atoms with van der Waals surface area (Å²) in [5.41, 5.74) is 1.16. The number of morpholine rings is 1. The minimum absolute atomic E-state index is 0.0959. The SMILES string of the molecule is CCOc1cc(N2CCOC(Cn3cc(C)cn3)C2)ncn1. The summed E-state index contributed by atoms with van der Waals surface area (Å²) in [5, 5.41) is 4.32. The maximum absolute atomic E-state index is 5.84. The second-order valence-electron chi connectivity index (χ2n) is 5.33. The fourth-order valence-corrected chi connectivity index (χ4v) is 2.54. The Balaban J connectivity index is 1.66. The van der Waals surface area contributed by atoms with Crippen LogP contribution in [0.15, 0.2) is 24.8 Å². The Labute approximate surface area is 129 Å². The predicted octanol–water partition coefficient (Wildman–Crippen LogP) is 1.29. The van der Waals surface area contributed by atoms with Crippen LogP contribution in [-0.4, -0.2) is 52.2 Å². The lowest BCUT2D eigenvalue weighted by molar-refractivity contribution is 0.0271. The average molecular weight is 303 g/mol. The molecule has 7 heteroatoms. The first-order valence-corrected chi connectivity index (χ1v) is 7.55. The Bertz CT molecular complexity index is 615. The number of hydrogen-bond acceptors (Lipinski definition) is 6. The highest BCUT2D eigenvalue weighted by molar-refractivity contribution is 5.41. The molecule has 2 aromatic rings. The molecule has 0 amide bonds. The molecular weight excluding hydrogens is 282 g/mol.